The largest absolute Gasteiger partial charge is 0.454 e. The first-order chi connectivity index (χ1) is 10.2. The fourth-order valence-electron chi connectivity index (χ4n) is 3.75. The van der Waals surface area contributed by atoms with Crippen LogP contribution in [0.1, 0.15) is 25.1 Å². The zero-order chi connectivity index (χ0) is 14.2. The molecular formula is C19H15NO. The van der Waals surface area contributed by atoms with Gasteiger partial charge in [0, 0.05) is 22.1 Å². The van der Waals surface area contributed by atoms with Crippen LogP contribution < -0.4 is 0 Å². The second-order valence-electron chi connectivity index (χ2n) is 6.35. The van der Waals surface area contributed by atoms with Crippen LogP contribution in [0.3, 0.4) is 0 Å². The van der Waals surface area contributed by atoms with Gasteiger partial charge < -0.3 is 9.40 Å². The summed E-state index contributed by atoms with van der Waals surface area (Å²) < 4.78 is 6.15. The van der Waals surface area contributed by atoms with Gasteiger partial charge in [-0.25, -0.2) is 0 Å². The summed E-state index contributed by atoms with van der Waals surface area (Å²) in [6.45, 7) is 4.55. The molecule has 2 aromatic heterocycles. The molecule has 0 aliphatic heterocycles. The molecule has 0 fully saturated rings. The third-order valence-electron chi connectivity index (χ3n) is 4.82. The van der Waals surface area contributed by atoms with E-state index in [1.807, 2.05) is 12.1 Å². The predicted octanol–water partition coefficient (Wildman–Crippen LogP) is 5.22. The molecule has 2 heterocycles. The Bertz CT molecular complexity index is 1020. The normalized spacial score (nSPS) is 15.5. The van der Waals surface area contributed by atoms with Gasteiger partial charge in [0.25, 0.3) is 0 Å². The molecule has 0 spiro atoms. The molecule has 21 heavy (non-hydrogen) atoms. The number of H-pyrrole nitrogens is 1. The SMILES string of the molecule is CC1(C)c2ccccc2-c2c1[nH]c1c2oc2ccccc21. The van der Waals surface area contributed by atoms with Crippen LogP contribution in [0.5, 0.6) is 0 Å². The average molecular weight is 273 g/mol. The van der Waals surface area contributed by atoms with Gasteiger partial charge in [-0.3, -0.25) is 0 Å². The van der Waals surface area contributed by atoms with Gasteiger partial charge in [-0.15, -0.1) is 0 Å². The average Bonchev–Trinajstić information content (AvgIpc) is 3.08. The van der Waals surface area contributed by atoms with E-state index >= 15 is 0 Å². The summed E-state index contributed by atoms with van der Waals surface area (Å²) >= 11 is 0. The van der Waals surface area contributed by atoms with Gasteiger partial charge in [0.15, 0.2) is 5.58 Å². The molecule has 0 saturated carbocycles. The molecule has 2 aromatic carbocycles. The summed E-state index contributed by atoms with van der Waals surface area (Å²) in [5, 5.41) is 1.16. The minimum atomic E-state index is -0.00539. The Morgan fingerprint density at radius 2 is 1.71 bits per heavy atom. The molecular weight excluding hydrogens is 258 g/mol. The standard InChI is InChI=1S/C19H15NO/c1-19(2)13-9-5-3-7-11(13)15-17-16(20-18(15)19)12-8-4-6-10-14(12)21-17/h3-10,20H,1-2H3. The monoisotopic (exact) mass is 273 g/mol. The Morgan fingerprint density at radius 3 is 2.62 bits per heavy atom. The Balaban J connectivity index is 2.00. The molecule has 0 bridgehead atoms. The molecule has 0 atom stereocenters. The molecule has 0 amide bonds. The van der Waals surface area contributed by atoms with Gasteiger partial charge in [0.1, 0.15) is 5.58 Å². The van der Waals surface area contributed by atoms with Crippen LogP contribution in [0.4, 0.5) is 0 Å². The van der Waals surface area contributed by atoms with E-state index in [0.29, 0.717) is 0 Å². The maximum absolute atomic E-state index is 6.15. The lowest BCUT2D eigenvalue weighted by atomic mass is 9.85. The van der Waals surface area contributed by atoms with E-state index in [1.54, 1.807) is 0 Å². The lowest BCUT2D eigenvalue weighted by Gasteiger charge is -2.19. The first-order valence-electron chi connectivity index (χ1n) is 7.31. The number of fused-ring (bicyclic) bond motifs is 7. The third-order valence-corrected chi connectivity index (χ3v) is 4.82. The van der Waals surface area contributed by atoms with Crippen LogP contribution in [0.2, 0.25) is 0 Å². The van der Waals surface area contributed by atoms with Crippen LogP contribution >= 0.6 is 0 Å². The van der Waals surface area contributed by atoms with E-state index in [4.69, 9.17) is 4.42 Å². The summed E-state index contributed by atoms with van der Waals surface area (Å²) in [6.07, 6.45) is 0. The predicted molar refractivity (Wildman–Crippen MR) is 85.6 cm³/mol. The van der Waals surface area contributed by atoms with E-state index in [0.717, 1.165) is 22.1 Å². The van der Waals surface area contributed by atoms with E-state index in [1.165, 1.54) is 22.4 Å². The molecule has 2 heteroatoms. The molecule has 1 N–H and O–H groups in total. The fraction of sp³-hybridized carbons (Fsp3) is 0.158. The van der Waals surface area contributed by atoms with Gasteiger partial charge in [-0.2, -0.15) is 0 Å². The Labute approximate surface area is 122 Å². The highest BCUT2D eigenvalue weighted by Gasteiger charge is 2.39. The van der Waals surface area contributed by atoms with Crippen molar-refractivity contribution in [1.29, 1.82) is 0 Å². The van der Waals surface area contributed by atoms with Crippen molar-refractivity contribution in [2.24, 2.45) is 0 Å². The maximum atomic E-state index is 6.15. The third kappa shape index (κ3) is 1.19. The van der Waals surface area contributed by atoms with Gasteiger partial charge in [-0.1, -0.05) is 50.2 Å². The Morgan fingerprint density at radius 1 is 0.952 bits per heavy atom. The maximum Gasteiger partial charge on any atom is 0.161 e. The topological polar surface area (TPSA) is 28.9 Å². The van der Waals surface area contributed by atoms with E-state index in [2.05, 4.69) is 55.2 Å². The van der Waals surface area contributed by atoms with Crippen molar-refractivity contribution in [3.05, 3.63) is 59.8 Å². The first-order valence-corrected chi connectivity index (χ1v) is 7.31. The van der Waals surface area contributed by atoms with E-state index in [9.17, 15) is 0 Å². The summed E-state index contributed by atoms with van der Waals surface area (Å²) in [5.74, 6) is 0. The van der Waals surface area contributed by atoms with Gasteiger partial charge >= 0.3 is 0 Å². The van der Waals surface area contributed by atoms with Crippen molar-refractivity contribution < 1.29 is 4.42 Å². The van der Waals surface area contributed by atoms with Crippen molar-refractivity contribution in [2.75, 3.05) is 0 Å². The number of furan rings is 1. The smallest absolute Gasteiger partial charge is 0.161 e. The fourth-order valence-corrected chi connectivity index (χ4v) is 3.75. The summed E-state index contributed by atoms with van der Waals surface area (Å²) in [6, 6.07) is 16.9. The number of aromatic amines is 1. The number of hydrogen-bond donors (Lipinski definition) is 1. The molecule has 0 saturated heterocycles. The van der Waals surface area contributed by atoms with Gasteiger partial charge in [-0.05, 0) is 23.3 Å². The van der Waals surface area contributed by atoms with Crippen molar-refractivity contribution in [3.63, 3.8) is 0 Å². The number of nitrogens with one attached hydrogen (secondary N) is 1. The number of rotatable bonds is 0. The van der Waals surface area contributed by atoms with Crippen molar-refractivity contribution in [1.82, 2.24) is 4.98 Å². The molecule has 4 aromatic rings. The van der Waals surface area contributed by atoms with Crippen molar-refractivity contribution >= 4 is 22.1 Å². The van der Waals surface area contributed by atoms with Crippen molar-refractivity contribution in [2.45, 2.75) is 19.3 Å². The lowest BCUT2D eigenvalue weighted by molar-refractivity contribution is 0.641. The Hall–Kier alpha value is -2.48. The van der Waals surface area contributed by atoms with Crippen LogP contribution in [0.15, 0.2) is 52.9 Å². The molecule has 0 radical (unpaired) electrons. The second kappa shape index (κ2) is 3.40. The summed E-state index contributed by atoms with van der Waals surface area (Å²) in [5.41, 5.74) is 8.22. The van der Waals surface area contributed by atoms with Gasteiger partial charge in [0.05, 0.1) is 5.52 Å². The number of hydrogen-bond acceptors (Lipinski definition) is 1. The van der Waals surface area contributed by atoms with Crippen molar-refractivity contribution in [3.8, 4) is 11.1 Å². The van der Waals surface area contributed by atoms with E-state index in [-0.39, 0.29) is 5.41 Å². The van der Waals surface area contributed by atoms with Crippen LogP contribution in [0, 0.1) is 0 Å². The van der Waals surface area contributed by atoms with Crippen LogP contribution in [-0.2, 0) is 5.41 Å². The molecule has 0 unspecified atom stereocenters. The van der Waals surface area contributed by atoms with Gasteiger partial charge in [0.2, 0.25) is 0 Å². The highest BCUT2D eigenvalue weighted by Crippen LogP contribution is 2.52. The summed E-state index contributed by atoms with van der Waals surface area (Å²) in [4.78, 5) is 3.64. The first kappa shape index (κ1) is 11.2. The van der Waals surface area contributed by atoms with Crippen LogP contribution in [0.25, 0.3) is 33.2 Å². The minimum absolute atomic E-state index is 0.00539. The number of para-hydroxylation sites is 1. The van der Waals surface area contributed by atoms with E-state index < -0.39 is 0 Å². The minimum Gasteiger partial charge on any atom is -0.454 e. The zero-order valence-electron chi connectivity index (χ0n) is 12.0. The molecule has 5 rings (SSSR count). The lowest BCUT2D eigenvalue weighted by Crippen LogP contribution is -2.15. The number of aromatic nitrogens is 1. The van der Waals surface area contributed by atoms with Crippen LogP contribution in [-0.4, -0.2) is 4.98 Å². The second-order valence-corrected chi connectivity index (χ2v) is 6.35. The molecule has 2 nitrogen and oxygen atoms in total. The quantitative estimate of drug-likeness (QED) is 0.467. The summed E-state index contributed by atoms with van der Waals surface area (Å²) in [7, 11) is 0. The Kier molecular flexibility index (Phi) is 1.81. The molecule has 1 aliphatic rings. The number of benzene rings is 2. The highest BCUT2D eigenvalue weighted by atomic mass is 16.3. The molecule has 1 aliphatic carbocycles. The highest BCUT2D eigenvalue weighted by molar-refractivity contribution is 6.10. The molecule has 102 valence electrons. The zero-order valence-corrected chi connectivity index (χ0v) is 12.0.